The molecule has 1 aliphatic rings. The van der Waals surface area contributed by atoms with Crippen LogP contribution in [0.25, 0.3) is 0 Å². The highest BCUT2D eigenvalue weighted by atomic mass is 28.4. The number of nitrogens with zero attached hydrogens (tertiary/aromatic N) is 1. The number of aryl methyl sites for hydroxylation is 1. The third-order valence-electron chi connectivity index (χ3n) is 4.32. The minimum Gasteiger partial charge on any atom is -0.454 e. The molecule has 0 atom stereocenters. The van der Waals surface area contributed by atoms with Crippen molar-refractivity contribution >= 4 is 19.8 Å². The molecule has 0 amide bonds. The number of benzene rings is 1. The number of ketones is 1. The zero-order valence-corrected chi connectivity index (χ0v) is 14.2. The number of oxime groups is 1. The quantitative estimate of drug-likeness (QED) is 0.607. The van der Waals surface area contributed by atoms with Crippen LogP contribution in [-0.2, 0) is 10.9 Å². The summed E-state index contributed by atoms with van der Waals surface area (Å²) in [4.78, 5) is 12.3. The molecule has 108 valence electrons. The zero-order chi connectivity index (χ0) is 15.1. The van der Waals surface area contributed by atoms with Crippen LogP contribution in [0.2, 0.25) is 18.1 Å². The van der Waals surface area contributed by atoms with Crippen molar-refractivity contribution < 1.29 is 9.32 Å². The second-order valence-electron chi connectivity index (χ2n) is 7.06. The fraction of sp³-hybridized carbons (Fsp3) is 0.500. The van der Waals surface area contributed by atoms with Crippen molar-refractivity contribution in [2.75, 3.05) is 0 Å². The van der Waals surface area contributed by atoms with Gasteiger partial charge in [0.2, 0.25) is 5.78 Å². The van der Waals surface area contributed by atoms with Crippen LogP contribution < -0.4 is 0 Å². The molecule has 0 saturated carbocycles. The van der Waals surface area contributed by atoms with Gasteiger partial charge in [-0.2, -0.15) is 0 Å². The average Bonchev–Trinajstić information content (AvgIpc) is 2.63. The summed E-state index contributed by atoms with van der Waals surface area (Å²) in [5, 5.41) is 4.30. The molecule has 1 aromatic carbocycles. The Kier molecular flexibility index (Phi) is 3.63. The Morgan fingerprint density at radius 2 is 1.90 bits per heavy atom. The highest BCUT2D eigenvalue weighted by molar-refractivity contribution is 6.74. The number of Topliss-reactive ketones (excluding diaryl/α,β-unsaturated/α-hetero) is 1. The maximum atomic E-state index is 12.3. The fourth-order valence-corrected chi connectivity index (χ4v) is 2.46. The van der Waals surface area contributed by atoms with Crippen molar-refractivity contribution in [1.29, 1.82) is 0 Å². The molecule has 20 heavy (non-hydrogen) atoms. The monoisotopic (exact) mass is 289 g/mol. The van der Waals surface area contributed by atoms with Crippen LogP contribution in [0.1, 0.15) is 42.3 Å². The fourth-order valence-electron chi connectivity index (χ4n) is 1.85. The van der Waals surface area contributed by atoms with Crippen LogP contribution in [0, 0.1) is 6.92 Å². The molecule has 1 aliphatic carbocycles. The van der Waals surface area contributed by atoms with E-state index in [2.05, 4.69) is 39.0 Å². The lowest BCUT2D eigenvalue weighted by Crippen LogP contribution is -2.39. The normalized spacial score (nSPS) is 17.5. The number of carbonyl (C=O) groups excluding carboxylic acids is 1. The summed E-state index contributed by atoms with van der Waals surface area (Å²) in [5.74, 6) is 0.0161. The van der Waals surface area contributed by atoms with E-state index in [1.165, 1.54) is 0 Å². The molecule has 2 rings (SSSR count). The highest BCUT2D eigenvalue weighted by Gasteiger charge is 2.40. The molecule has 0 aliphatic heterocycles. The Balaban J connectivity index is 2.22. The van der Waals surface area contributed by atoms with Gasteiger partial charge in [0.15, 0.2) is 0 Å². The van der Waals surface area contributed by atoms with E-state index in [0.717, 1.165) is 16.7 Å². The maximum Gasteiger partial charge on any atom is 0.286 e. The lowest BCUT2D eigenvalue weighted by molar-refractivity contribution is 0.106. The van der Waals surface area contributed by atoms with Crippen LogP contribution >= 0.6 is 0 Å². The van der Waals surface area contributed by atoms with E-state index in [1.54, 1.807) is 0 Å². The molecule has 0 bridgehead atoms. The van der Waals surface area contributed by atoms with Crippen molar-refractivity contribution in [2.24, 2.45) is 5.16 Å². The van der Waals surface area contributed by atoms with Gasteiger partial charge >= 0.3 is 0 Å². The summed E-state index contributed by atoms with van der Waals surface area (Å²) < 4.78 is 5.82. The summed E-state index contributed by atoms with van der Waals surface area (Å²) in [6.45, 7) is 12.7. The van der Waals surface area contributed by atoms with Crippen molar-refractivity contribution in [3.05, 3.63) is 34.9 Å². The Labute approximate surface area is 122 Å². The molecule has 0 spiro atoms. The lowest BCUT2D eigenvalue weighted by atomic mass is 10.1. The van der Waals surface area contributed by atoms with Crippen LogP contribution in [-0.4, -0.2) is 19.8 Å². The molecular weight excluding hydrogens is 266 g/mol. The van der Waals surface area contributed by atoms with Gasteiger partial charge < -0.3 is 4.53 Å². The van der Waals surface area contributed by atoms with E-state index in [-0.39, 0.29) is 10.8 Å². The van der Waals surface area contributed by atoms with Crippen molar-refractivity contribution in [3.8, 4) is 0 Å². The predicted molar refractivity (Wildman–Crippen MR) is 84.9 cm³/mol. The van der Waals surface area contributed by atoms with Gasteiger partial charge in [-0.05, 0) is 36.7 Å². The van der Waals surface area contributed by atoms with Gasteiger partial charge in [0.1, 0.15) is 5.71 Å². The van der Waals surface area contributed by atoms with Crippen LogP contribution in [0.15, 0.2) is 23.4 Å². The molecule has 0 saturated heterocycles. The van der Waals surface area contributed by atoms with Gasteiger partial charge in [-0.1, -0.05) is 38.5 Å². The van der Waals surface area contributed by atoms with Crippen LogP contribution in [0.3, 0.4) is 0 Å². The van der Waals surface area contributed by atoms with Gasteiger partial charge in [-0.3, -0.25) is 4.79 Å². The summed E-state index contributed by atoms with van der Waals surface area (Å²) in [6, 6.07) is 5.98. The minimum absolute atomic E-state index is 0.0161. The van der Waals surface area contributed by atoms with E-state index >= 15 is 0 Å². The second-order valence-corrected chi connectivity index (χ2v) is 11.8. The number of carbonyl (C=O) groups is 1. The molecule has 0 N–H and O–H groups in total. The summed E-state index contributed by atoms with van der Waals surface area (Å²) in [7, 11) is -1.96. The third kappa shape index (κ3) is 2.70. The minimum atomic E-state index is -1.96. The summed E-state index contributed by atoms with van der Waals surface area (Å²) in [5.41, 5.74) is 3.47. The number of hydrogen-bond acceptors (Lipinski definition) is 3. The molecule has 1 aromatic rings. The number of fused-ring (bicyclic) bond motifs is 1. The van der Waals surface area contributed by atoms with Crippen molar-refractivity contribution in [3.63, 3.8) is 0 Å². The molecule has 4 heteroatoms. The Morgan fingerprint density at radius 3 is 2.50 bits per heavy atom. The molecule has 3 nitrogen and oxygen atoms in total. The molecule has 0 radical (unpaired) electrons. The van der Waals surface area contributed by atoms with Crippen molar-refractivity contribution in [1.82, 2.24) is 0 Å². The zero-order valence-electron chi connectivity index (χ0n) is 13.2. The van der Waals surface area contributed by atoms with Gasteiger partial charge in [0.25, 0.3) is 8.32 Å². The lowest BCUT2D eigenvalue weighted by Gasteiger charge is -2.33. The van der Waals surface area contributed by atoms with Gasteiger partial charge in [0, 0.05) is 12.0 Å². The molecular formula is C16H23NO2Si. The molecule has 0 unspecified atom stereocenters. The van der Waals surface area contributed by atoms with Gasteiger partial charge in [-0.15, -0.1) is 5.16 Å². The van der Waals surface area contributed by atoms with Crippen LogP contribution in [0.4, 0.5) is 0 Å². The predicted octanol–water partition coefficient (Wildman–Crippen LogP) is 4.11. The first kappa shape index (κ1) is 15.0. The SMILES string of the molecule is Cc1ccc2c(c1)C(=O)C(=NO[Si](C)(C)C(C)(C)C)C2. The van der Waals surface area contributed by atoms with E-state index in [4.69, 9.17) is 4.53 Å². The molecule has 0 aromatic heterocycles. The van der Waals surface area contributed by atoms with Gasteiger partial charge in [0.05, 0.1) is 0 Å². The molecule has 0 heterocycles. The van der Waals surface area contributed by atoms with Crippen molar-refractivity contribution in [2.45, 2.75) is 52.2 Å². The van der Waals surface area contributed by atoms with E-state index in [9.17, 15) is 4.79 Å². The largest absolute Gasteiger partial charge is 0.454 e. The maximum absolute atomic E-state index is 12.3. The Hall–Kier alpha value is -1.42. The summed E-state index contributed by atoms with van der Waals surface area (Å²) >= 11 is 0. The van der Waals surface area contributed by atoms with Gasteiger partial charge in [-0.25, -0.2) is 0 Å². The van der Waals surface area contributed by atoms with Crippen LogP contribution in [0.5, 0.6) is 0 Å². The third-order valence-corrected chi connectivity index (χ3v) is 8.48. The number of hydrogen-bond donors (Lipinski definition) is 0. The first-order valence-electron chi connectivity index (χ1n) is 7.01. The summed E-state index contributed by atoms with van der Waals surface area (Å²) in [6.07, 6.45) is 0.586. The Bertz CT molecular complexity index is 583. The highest BCUT2D eigenvalue weighted by Crippen LogP contribution is 2.37. The smallest absolute Gasteiger partial charge is 0.286 e. The number of rotatable bonds is 2. The first-order chi connectivity index (χ1) is 9.12. The average molecular weight is 289 g/mol. The van der Waals surface area contributed by atoms with E-state index in [1.807, 2.05) is 25.1 Å². The van der Waals surface area contributed by atoms with E-state index in [0.29, 0.717) is 12.1 Å². The van der Waals surface area contributed by atoms with E-state index < -0.39 is 8.32 Å². The first-order valence-corrected chi connectivity index (χ1v) is 9.92. The topological polar surface area (TPSA) is 38.7 Å². The second kappa shape index (κ2) is 4.84. The molecule has 0 fully saturated rings. The standard InChI is InChI=1S/C16H23NO2Si/c1-11-7-8-12-10-14(15(18)13(12)9-11)17-19-20(5,6)16(2,3)4/h7-9H,10H2,1-6H3. The Morgan fingerprint density at radius 1 is 1.25 bits per heavy atom.